The molecule has 0 spiro atoms. The van der Waals surface area contributed by atoms with Crippen molar-refractivity contribution in [2.75, 3.05) is 19.6 Å². The molecule has 1 aromatic rings. The van der Waals surface area contributed by atoms with Crippen molar-refractivity contribution < 1.29 is 4.79 Å². The normalized spacial score (nSPS) is 10.1. The summed E-state index contributed by atoms with van der Waals surface area (Å²) in [6.07, 6.45) is 2.74. The van der Waals surface area contributed by atoms with Crippen molar-refractivity contribution in [1.82, 2.24) is 15.6 Å². The van der Waals surface area contributed by atoms with Crippen molar-refractivity contribution in [3.8, 4) is 0 Å². The van der Waals surface area contributed by atoms with Gasteiger partial charge in [-0.05, 0) is 31.5 Å². The molecule has 0 aliphatic rings. The molecule has 4 heteroatoms. The molecule has 1 aromatic heterocycles. The Kier molecular flexibility index (Phi) is 5.50. The third-order valence-corrected chi connectivity index (χ3v) is 2.24. The molecule has 16 heavy (non-hydrogen) atoms. The molecule has 4 nitrogen and oxygen atoms in total. The molecule has 0 aliphatic heterocycles. The largest absolute Gasteiger partial charge is 0.349 e. The van der Waals surface area contributed by atoms with Gasteiger partial charge in [-0.2, -0.15) is 0 Å². The molecule has 1 heterocycles. The third kappa shape index (κ3) is 3.98. The number of hydrogen-bond acceptors (Lipinski definition) is 3. The van der Waals surface area contributed by atoms with Crippen molar-refractivity contribution in [2.45, 2.75) is 20.3 Å². The van der Waals surface area contributed by atoms with Crippen molar-refractivity contribution in [3.05, 3.63) is 29.6 Å². The van der Waals surface area contributed by atoms with Gasteiger partial charge in [-0.15, -0.1) is 0 Å². The summed E-state index contributed by atoms with van der Waals surface area (Å²) in [7, 11) is 0. The van der Waals surface area contributed by atoms with Crippen LogP contribution in [0.25, 0.3) is 0 Å². The number of carbonyl (C=O) groups excluding carboxylic acids is 1. The van der Waals surface area contributed by atoms with Gasteiger partial charge in [-0.25, -0.2) is 0 Å². The fourth-order valence-electron chi connectivity index (χ4n) is 1.37. The number of rotatable bonds is 6. The van der Waals surface area contributed by atoms with Gasteiger partial charge in [-0.1, -0.05) is 13.0 Å². The summed E-state index contributed by atoms with van der Waals surface area (Å²) >= 11 is 0. The van der Waals surface area contributed by atoms with Gasteiger partial charge < -0.3 is 10.6 Å². The molecule has 1 rings (SSSR count). The van der Waals surface area contributed by atoms with Crippen molar-refractivity contribution in [3.63, 3.8) is 0 Å². The van der Waals surface area contributed by atoms with E-state index in [1.165, 1.54) is 0 Å². The van der Waals surface area contributed by atoms with E-state index >= 15 is 0 Å². The van der Waals surface area contributed by atoms with Crippen LogP contribution in [0.5, 0.6) is 0 Å². The van der Waals surface area contributed by atoms with Gasteiger partial charge in [0.05, 0.1) is 0 Å². The first-order valence-corrected chi connectivity index (χ1v) is 5.66. The Hall–Kier alpha value is -1.42. The zero-order chi connectivity index (χ0) is 11.8. The van der Waals surface area contributed by atoms with Crippen LogP contribution in [0.3, 0.4) is 0 Å². The highest BCUT2D eigenvalue weighted by Crippen LogP contribution is 2.01. The molecule has 0 fully saturated rings. The number of pyridine rings is 1. The van der Waals surface area contributed by atoms with E-state index in [1.807, 2.05) is 19.1 Å². The van der Waals surface area contributed by atoms with Crippen LogP contribution in [0.1, 0.15) is 29.4 Å². The van der Waals surface area contributed by atoms with Gasteiger partial charge >= 0.3 is 0 Å². The first-order chi connectivity index (χ1) is 7.75. The SMILES string of the molecule is CCCNCCNC(=O)c1ncccc1C. The number of carbonyl (C=O) groups is 1. The highest BCUT2D eigenvalue weighted by Gasteiger charge is 2.08. The Balaban J connectivity index is 2.33. The van der Waals surface area contributed by atoms with Crippen LogP contribution in [0.15, 0.2) is 18.3 Å². The maximum Gasteiger partial charge on any atom is 0.270 e. The lowest BCUT2D eigenvalue weighted by molar-refractivity contribution is 0.0948. The Morgan fingerprint density at radius 3 is 2.88 bits per heavy atom. The van der Waals surface area contributed by atoms with E-state index in [4.69, 9.17) is 0 Å². The minimum absolute atomic E-state index is 0.101. The number of aromatic nitrogens is 1. The standard InChI is InChI=1S/C12H19N3O/c1-3-6-13-8-9-15-12(16)11-10(2)5-4-7-14-11/h4-5,7,13H,3,6,8-9H2,1-2H3,(H,15,16). The van der Waals surface area contributed by atoms with Crippen molar-refractivity contribution in [1.29, 1.82) is 0 Å². The van der Waals surface area contributed by atoms with Gasteiger partial charge in [0.2, 0.25) is 0 Å². The summed E-state index contributed by atoms with van der Waals surface area (Å²) in [5.74, 6) is -0.101. The second kappa shape index (κ2) is 6.95. The second-order valence-electron chi connectivity index (χ2n) is 3.67. The monoisotopic (exact) mass is 221 g/mol. The van der Waals surface area contributed by atoms with E-state index in [1.54, 1.807) is 6.20 Å². The topological polar surface area (TPSA) is 54.0 Å². The average Bonchev–Trinajstić information content (AvgIpc) is 2.29. The van der Waals surface area contributed by atoms with Gasteiger partial charge in [0.15, 0.2) is 0 Å². The van der Waals surface area contributed by atoms with E-state index in [2.05, 4.69) is 22.5 Å². The highest BCUT2D eigenvalue weighted by atomic mass is 16.1. The van der Waals surface area contributed by atoms with E-state index in [-0.39, 0.29) is 5.91 Å². The maximum absolute atomic E-state index is 11.7. The lowest BCUT2D eigenvalue weighted by Gasteiger charge is -2.07. The molecule has 0 saturated carbocycles. The van der Waals surface area contributed by atoms with E-state index in [0.29, 0.717) is 12.2 Å². The fourth-order valence-corrected chi connectivity index (χ4v) is 1.37. The second-order valence-corrected chi connectivity index (χ2v) is 3.67. The zero-order valence-corrected chi connectivity index (χ0v) is 9.92. The molecule has 0 saturated heterocycles. The highest BCUT2D eigenvalue weighted by molar-refractivity contribution is 5.93. The molecular formula is C12H19N3O. The number of nitrogens with zero attached hydrogens (tertiary/aromatic N) is 1. The van der Waals surface area contributed by atoms with E-state index < -0.39 is 0 Å². The molecule has 0 aromatic carbocycles. The van der Waals surface area contributed by atoms with Gasteiger partial charge in [0.25, 0.3) is 5.91 Å². The first-order valence-electron chi connectivity index (χ1n) is 5.66. The summed E-state index contributed by atoms with van der Waals surface area (Å²) < 4.78 is 0. The average molecular weight is 221 g/mol. The summed E-state index contributed by atoms with van der Waals surface area (Å²) in [5, 5.41) is 6.06. The summed E-state index contributed by atoms with van der Waals surface area (Å²) in [5.41, 5.74) is 1.42. The number of aryl methyl sites for hydroxylation is 1. The van der Waals surface area contributed by atoms with Crippen LogP contribution in [0.4, 0.5) is 0 Å². The molecule has 0 atom stereocenters. The quantitative estimate of drug-likeness (QED) is 0.708. The summed E-state index contributed by atoms with van der Waals surface area (Å²) in [6, 6.07) is 3.71. The van der Waals surface area contributed by atoms with Crippen LogP contribution >= 0.6 is 0 Å². The van der Waals surface area contributed by atoms with Gasteiger partial charge in [-0.3, -0.25) is 9.78 Å². The van der Waals surface area contributed by atoms with Crippen LogP contribution < -0.4 is 10.6 Å². The van der Waals surface area contributed by atoms with Gasteiger partial charge in [0.1, 0.15) is 5.69 Å². The van der Waals surface area contributed by atoms with Crippen molar-refractivity contribution in [2.24, 2.45) is 0 Å². The van der Waals surface area contributed by atoms with E-state index in [9.17, 15) is 4.79 Å². The Bertz CT molecular complexity index is 339. The molecule has 0 bridgehead atoms. The number of amides is 1. The van der Waals surface area contributed by atoms with E-state index in [0.717, 1.165) is 25.1 Å². The molecule has 0 radical (unpaired) electrons. The fraction of sp³-hybridized carbons (Fsp3) is 0.500. The lowest BCUT2D eigenvalue weighted by Crippen LogP contribution is -2.32. The zero-order valence-electron chi connectivity index (χ0n) is 9.92. The molecule has 0 unspecified atom stereocenters. The van der Waals surface area contributed by atoms with Gasteiger partial charge in [0, 0.05) is 19.3 Å². The van der Waals surface area contributed by atoms with Crippen LogP contribution in [0.2, 0.25) is 0 Å². The van der Waals surface area contributed by atoms with Crippen LogP contribution in [-0.4, -0.2) is 30.5 Å². The predicted octanol–water partition coefficient (Wildman–Crippen LogP) is 1.12. The summed E-state index contributed by atoms with van der Waals surface area (Å²) in [4.78, 5) is 15.8. The molecule has 88 valence electrons. The predicted molar refractivity (Wildman–Crippen MR) is 64.5 cm³/mol. The molecule has 1 amide bonds. The first kappa shape index (κ1) is 12.6. The third-order valence-electron chi connectivity index (χ3n) is 2.24. The molecular weight excluding hydrogens is 202 g/mol. The molecule has 0 aliphatic carbocycles. The number of nitrogens with one attached hydrogen (secondary N) is 2. The number of hydrogen-bond donors (Lipinski definition) is 2. The Labute approximate surface area is 96.5 Å². The Morgan fingerprint density at radius 2 is 2.19 bits per heavy atom. The maximum atomic E-state index is 11.7. The summed E-state index contributed by atoms with van der Waals surface area (Å²) in [6.45, 7) is 6.42. The minimum Gasteiger partial charge on any atom is -0.349 e. The van der Waals surface area contributed by atoms with Crippen molar-refractivity contribution >= 4 is 5.91 Å². The smallest absolute Gasteiger partial charge is 0.270 e. The Morgan fingerprint density at radius 1 is 1.38 bits per heavy atom. The minimum atomic E-state index is -0.101. The lowest BCUT2D eigenvalue weighted by atomic mass is 10.2. The van der Waals surface area contributed by atoms with Crippen LogP contribution in [-0.2, 0) is 0 Å². The van der Waals surface area contributed by atoms with Crippen LogP contribution in [0, 0.1) is 6.92 Å². The molecule has 2 N–H and O–H groups in total.